The molecule has 158 valence electrons. The molecule has 2 aliphatic rings. The van der Waals surface area contributed by atoms with Gasteiger partial charge in [0.1, 0.15) is 5.75 Å². The van der Waals surface area contributed by atoms with Gasteiger partial charge in [-0.2, -0.15) is 0 Å². The number of benzene rings is 1. The molecule has 3 rings (SSSR count). The topological polar surface area (TPSA) is 79.0 Å². The molecular formula is C22H31N3O4. The Kier molecular flexibility index (Phi) is 6.77. The minimum absolute atomic E-state index is 0.00564. The van der Waals surface area contributed by atoms with Crippen LogP contribution in [0.2, 0.25) is 0 Å². The van der Waals surface area contributed by atoms with Crippen LogP contribution in [0.4, 0.5) is 0 Å². The van der Waals surface area contributed by atoms with Crippen molar-refractivity contribution in [2.45, 2.75) is 51.6 Å². The molecule has 1 atom stereocenters. The van der Waals surface area contributed by atoms with Crippen LogP contribution in [0.1, 0.15) is 38.7 Å². The molecular weight excluding hydrogens is 370 g/mol. The molecule has 1 unspecified atom stereocenters. The summed E-state index contributed by atoms with van der Waals surface area (Å²) in [4.78, 5) is 40.8. The number of carbonyl (C=O) groups is 3. The van der Waals surface area contributed by atoms with Crippen LogP contribution in [0.3, 0.4) is 0 Å². The first-order valence-corrected chi connectivity index (χ1v) is 10.4. The van der Waals surface area contributed by atoms with E-state index < -0.39 is 0 Å². The smallest absolute Gasteiger partial charge is 0.227 e. The fraction of sp³-hybridized carbons (Fsp3) is 0.591. The number of nitrogens with one attached hydrogen (secondary N) is 1. The van der Waals surface area contributed by atoms with Crippen LogP contribution in [0.5, 0.6) is 5.75 Å². The maximum atomic E-state index is 12.8. The maximum absolute atomic E-state index is 12.8. The molecule has 0 aromatic heterocycles. The summed E-state index contributed by atoms with van der Waals surface area (Å²) in [5, 5.41) is 3.08. The highest BCUT2D eigenvalue weighted by molar-refractivity contribution is 5.89. The standard InChI is InChI=1S/C22H31N3O4/c1-15(2)25-14-17(13-21(25)27)22(28)24-10-8-18(9-11-24)23-20(26)12-16-4-6-19(29-3)7-5-16/h4-7,15,17-18H,8-14H2,1-3H3,(H,23,26). The van der Waals surface area contributed by atoms with Crippen molar-refractivity contribution in [3.8, 4) is 5.75 Å². The van der Waals surface area contributed by atoms with Gasteiger partial charge in [0.25, 0.3) is 0 Å². The van der Waals surface area contributed by atoms with Gasteiger partial charge in [0.2, 0.25) is 17.7 Å². The number of rotatable bonds is 6. The van der Waals surface area contributed by atoms with Gasteiger partial charge in [-0.15, -0.1) is 0 Å². The Bertz CT molecular complexity index is 739. The van der Waals surface area contributed by atoms with Gasteiger partial charge in [-0.25, -0.2) is 0 Å². The van der Waals surface area contributed by atoms with Gasteiger partial charge < -0.3 is 19.9 Å². The molecule has 1 N–H and O–H groups in total. The first-order chi connectivity index (χ1) is 13.9. The Labute approximate surface area is 172 Å². The number of amides is 3. The van der Waals surface area contributed by atoms with E-state index in [1.165, 1.54) is 0 Å². The van der Waals surface area contributed by atoms with E-state index in [1.807, 2.05) is 43.0 Å². The van der Waals surface area contributed by atoms with Crippen LogP contribution in [-0.2, 0) is 20.8 Å². The molecule has 0 bridgehead atoms. The van der Waals surface area contributed by atoms with Gasteiger partial charge in [0.05, 0.1) is 19.4 Å². The van der Waals surface area contributed by atoms with E-state index >= 15 is 0 Å². The van der Waals surface area contributed by atoms with E-state index in [-0.39, 0.29) is 35.7 Å². The molecule has 2 heterocycles. The Balaban J connectivity index is 1.43. The lowest BCUT2D eigenvalue weighted by Crippen LogP contribution is -2.48. The second-order valence-electron chi connectivity index (χ2n) is 8.23. The van der Waals surface area contributed by atoms with Crippen LogP contribution >= 0.6 is 0 Å². The molecule has 7 nitrogen and oxygen atoms in total. The van der Waals surface area contributed by atoms with Gasteiger partial charge in [-0.1, -0.05) is 12.1 Å². The van der Waals surface area contributed by atoms with Crippen LogP contribution in [0.15, 0.2) is 24.3 Å². The lowest BCUT2D eigenvalue weighted by molar-refractivity contribution is -0.137. The number of piperidine rings is 1. The first kappa shape index (κ1) is 21.1. The summed E-state index contributed by atoms with van der Waals surface area (Å²) in [6.07, 6.45) is 2.14. The van der Waals surface area contributed by atoms with E-state index in [2.05, 4.69) is 5.32 Å². The van der Waals surface area contributed by atoms with E-state index in [0.717, 1.165) is 24.2 Å². The first-order valence-electron chi connectivity index (χ1n) is 10.4. The fourth-order valence-electron chi connectivity index (χ4n) is 4.11. The third kappa shape index (κ3) is 5.28. The van der Waals surface area contributed by atoms with Crippen LogP contribution in [0, 0.1) is 5.92 Å². The van der Waals surface area contributed by atoms with Crippen molar-refractivity contribution in [2.75, 3.05) is 26.7 Å². The molecule has 0 spiro atoms. The molecule has 2 aliphatic heterocycles. The number of likely N-dealkylation sites (tertiary alicyclic amines) is 2. The summed E-state index contributed by atoms with van der Waals surface area (Å²) >= 11 is 0. The lowest BCUT2D eigenvalue weighted by Gasteiger charge is -2.34. The highest BCUT2D eigenvalue weighted by Crippen LogP contribution is 2.24. The number of hydrogen-bond donors (Lipinski definition) is 1. The third-order valence-corrected chi connectivity index (χ3v) is 5.83. The van der Waals surface area contributed by atoms with Crippen molar-refractivity contribution in [1.82, 2.24) is 15.1 Å². The van der Waals surface area contributed by atoms with Gasteiger partial charge in [-0.3, -0.25) is 14.4 Å². The average molecular weight is 402 g/mol. The highest BCUT2D eigenvalue weighted by atomic mass is 16.5. The molecule has 0 aliphatic carbocycles. The van der Waals surface area contributed by atoms with Crippen LogP contribution in [-0.4, -0.2) is 66.3 Å². The molecule has 29 heavy (non-hydrogen) atoms. The van der Waals surface area contributed by atoms with E-state index in [9.17, 15) is 14.4 Å². The quantitative estimate of drug-likeness (QED) is 0.785. The fourth-order valence-corrected chi connectivity index (χ4v) is 4.11. The van der Waals surface area contributed by atoms with Gasteiger partial charge in [-0.05, 0) is 44.4 Å². The number of methoxy groups -OCH3 is 1. The summed E-state index contributed by atoms with van der Waals surface area (Å²) < 4.78 is 5.13. The summed E-state index contributed by atoms with van der Waals surface area (Å²) in [7, 11) is 1.61. The molecule has 7 heteroatoms. The number of carbonyl (C=O) groups excluding carboxylic acids is 3. The van der Waals surface area contributed by atoms with Gasteiger partial charge in [0.15, 0.2) is 0 Å². The SMILES string of the molecule is COc1ccc(CC(=O)NC2CCN(C(=O)C3CC(=O)N(C(C)C)C3)CC2)cc1. The molecule has 1 aromatic carbocycles. The van der Waals surface area contributed by atoms with E-state index in [1.54, 1.807) is 12.0 Å². The molecule has 2 saturated heterocycles. The van der Waals surface area contributed by atoms with Gasteiger partial charge >= 0.3 is 0 Å². The van der Waals surface area contributed by atoms with Crippen molar-refractivity contribution in [1.29, 1.82) is 0 Å². The molecule has 0 radical (unpaired) electrons. The average Bonchev–Trinajstić information content (AvgIpc) is 3.10. The minimum Gasteiger partial charge on any atom is -0.497 e. The molecule has 0 saturated carbocycles. The van der Waals surface area contributed by atoms with E-state index in [4.69, 9.17) is 4.74 Å². The predicted molar refractivity (Wildman–Crippen MR) is 109 cm³/mol. The zero-order valence-corrected chi connectivity index (χ0v) is 17.5. The number of nitrogens with zero attached hydrogens (tertiary/aromatic N) is 2. The second kappa shape index (κ2) is 9.29. The molecule has 3 amide bonds. The predicted octanol–water partition coefficient (Wildman–Crippen LogP) is 1.60. The second-order valence-corrected chi connectivity index (χ2v) is 8.23. The Morgan fingerprint density at radius 3 is 2.38 bits per heavy atom. The lowest BCUT2D eigenvalue weighted by atomic mass is 10.0. The summed E-state index contributed by atoms with van der Waals surface area (Å²) in [5.41, 5.74) is 0.941. The van der Waals surface area contributed by atoms with Crippen molar-refractivity contribution >= 4 is 17.7 Å². The Morgan fingerprint density at radius 1 is 1.17 bits per heavy atom. The van der Waals surface area contributed by atoms with E-state index in [0.29, 0.717) is 32.5 Å². The van der Waals surface area contributed by atoms with Crippen molar-refractivity contribution in [3.05, 3.63) is 29.8 Å². The summed E-state index contributed by atoms with van der Waals surface area (Å²) in [6, 6.07) is 7.70. The number of hydrogen-bond acceptors (Lipinski definition) is 4. The third-order valence-electron chi connectivity index (χ3n) is 5.83. The van der Waals surface area contributed by atoms with Crippen LogP contribution in [0.25, 0.3) is 0 Å². The minimum atomic E-state index is -0.230. The maximum Gasteiger partial charge on any atom is 0.227 e. The van der Waals surface area contributed by atoms with Crippen molar-refractivity contribution in [2.24, 2.45) is 5.92 Å². The monoisotopic (exact) mass is 401 g/mol. The Hall–Kier alpha value is -2.57. The molecule has 1 aromatic rings. The van der Waals surface area contributed by atoms with Crippen molar-refractivity contribution < 1.29 is 19.1 Å². The summed E-state index contributed by atoms with van der Waals surface area (Å²) in [5.74, 6) is 0.676. The zero-order valence-electron chi connectivity index (χ0n) is 17.5. The normalized spacial score (nSPS) is 20.3. The number of ether oxygens (including phenoxy) is 1. The highest BCUT2D eigenvalue weighted by Gasteiger charge is 2.38. The Morgan fingerprint density at radius 2 is 1.83 bits per heavy atom. The largest absolute Gasteiger partial charge is 0.497 e. The summed E-state index contributed by atoms with van der Waals surface area (Å²) in [6.45, 7) is 5.72. The zero-order chi connectivity index (χ0) is 21.0. The molecule has 2 fully saturated rings. The van der Waals surface area contributed by atoms with Gasteiger partial charge in [0, 0.05) is 38.1 Å². The van der Waals surface area contributed by atoms with Crippen LogP contribution < -0.4 is 10.1 Å². The van der Waals surface area contributed by atoms with Crippen molar-refractivity contribution in [3.63, 3.8) is 0 Å².